The van der Waals surface area contributed by atoms with Crippen LogP contribution in [-0.4, -0.2) is 28.8 Å². The van der Waals surface area contributed by atoms with Gasteiger partial charge in [0.05, 0.1) is 0 Å². The minimum absolute atomic E-state index is 0.171. The molecule has 2 aromatic rings. The first kappa shape index (κ1) is 21.3. The van der Waals surface area contributed by atoms with E-state index in [4.69, 9.17) is 4.98 Å². The fraction of sp³-hybridized carbons (Fsp3) is 0.208. The van der Waals surface area contributed by atoms with Gasteiger partial charge >= 0.3 is 10.3 Å². The number of hydrogen-bond donors (Lipinski definition) is 1. The van der Waals surface area contributed by atoms with E-state index in [1.165, 1.54) is 0 Å². The standard InChI is InChI=1S/C24H23N5O3S/c1-4-21-25-22-15(2)13-16(3)29(24(22)26-21)14-17-9-11-18(12-10-17)19-7-5-6-8-20(19)23-27-32-33(30,31)28-23/h5-13H,4,14H2,1-3H3,(H,27,28). The van der Waals surface area contributed by atoms with Crippen molar-refractivity contribution in [1.82, 2.24) is 20.0 Å². The number of fused-ring (bicyclic) bond motifs is 1. The van der Waals surface area contributed by atoms with E-state index >= 15 is 0 Å². The molecule has 0 saturated carbocycles. The van der Waals surface area contributed by atoms with Gasteiger partial charge in [0.1, 0.15) is 11.5 Å². The van der Waals surface area contributed by atoms with Crippen molar-refractivity contribution in [3.63, 3.8) is 0 Å². The quantitative estimate of drug-likeness (QED) is 0.485. The molecule has 3 aliphatic rings. The van der Waals surface area contributed by atoms with Crippen molar-refractivity contribution in [2.24, 2.45) is 4.40 Å². The maximum absolute atomic E-state index is 11.6. The molecule has 0 unspecified atom stereocenters. The average Bonchev–Trinajstić information content (AvgIpc) is 3.40. The minimum atomic E-state index is -3.95. The van der Waals surface area contributed by atoms with Gasteiger partial charge in [-0.05, 0) is 42.2 Å². The summed E-state index contributed by atoms with van der Waals surface area (Å²) >= 11 is 0. The van der Waals surface area contributed by atoms with E-state index in [2.05, 4.69) is 62.7 Å². The fourth-order valence-electron chi connectivity index (χ4n) is 4.08. The SMILES string of the molecule is CCc1nc2c(C)cc(C)n(Cc3ccc(-c4ccccc4C4=NS(=O)(=O)ON4)cc3)c-2n1. The number of aryl methyl sites for hydroxylation is 3. The van der Waals surface area contributed by atoms with Gasteiger partial charge in [0.15, 0.2) is 11.7 Å². The summed E-state index contributed by atoms with van der Waals surface area (Å²) in [6.07, 6.45) is 0.799. The van der Waals surface area contributed by atoms with Gasteiger partial charge in [-0.2, -0.15) is 8.42 Å². The van der Waals surface area contributed by atoms with Crippen molar-refractivity contribution in [1.29, 1.82) is 0 Å². The molecule has 33 heavy (non-hydrogen) atoms. The second-order valence-corrected chi connectivity index (χ2v) is 9.22. The zero-order valence-electron chi connectivity index (χ0n) is 18.5. The summed E-state index contributed by atoms with van der Waals surface area (Å²) < 4.78 is 33.5. The largest absolute Gasteiger partial charge is 0.403 e. The van der Waals surface area contributed by atoms with E-state index in [0.29, 0.717) is 12.1 Å². The molecular weight excluding hydrogens is 438 g/mol. The van der Waals surface area contributed by atoms with Gasteiger partial charge in [-0.25, -0.2) is 15.4 Å². The van der Waals surface area contributed by atoms with Crippen molar-refractivity contribution in [2.45, 2.75) is 33.7 Å². The van der Waals surface area contributed by atoms with E-state index in [1.807, 2.05) is 30.3 Å². The summed E-state index contributed by atoms with van der Waals surface area (Å²) in [6, 6.07) is 17.8. The van der Waals surface area contributed by atoms with Crippen molar-refractivity contribution in [3.05, 3.63) is 82.8 Å². The summed E-state index contributed by atoms with van der Waals surface area (Å²) in [5, 5.41) is 0. The van der Waals surface area contributed by atoms with Crippen molar-refractivity contribution >= 4 is 16.1 Å². The normalized spacial score (nSPS) is 14.9. The number of imidazole rings is 1. The highest BCUT2D eigenvalue weighted by Gasteiger charge is 2.24. The lowest BCUT2D eigenvalue weighted by molar-refractivity contribution is 0.282. The Bertz CT molecular complexity index is 1460. The fourth-order valence-corrected chi connectivity index (χ4v) is 4.66. The Morgan fingerprint density at radius 1 is 1.00 bits per heavy atom. The van der Waals surface area contributed by atoms with Crippen LogP contribution in [0.15, 0.2) is 59.0 Å². The van der Waals surface area contributed by atoms with Gasteiger partial charge in [-0.15, -0.1) is 8.68 Å². The molecule has 1 N–H and O–H groups in total. The Balaban J connectivity index is 1.48. The Hall–Kier alpha value is -3.56. The van der Waals surface area contributed by atoms with Crippen LogP contribution < -0.4 is 5.48 Å². The van der Waals surface area contributed by atoms with E-state index in [0.717, 1.165) is 51.7 Å². The van der Waals surface area contributed by atoms with Crippen LogP contribution in [0.4, 0.5) is 0 Å². The molecule has 0 radical (unpaired) electrons. The van der Waals surface area contributed by atoms with Crippen LogP contribution in [-0.2, 0) is 27.6 Å². The van der Waals surface area contributed by atoms with Gasteiger partial charge < -0.3 is 4.57 Å². The van der Waals surface area contributed by atoms with Crippen LogP contribution in [0.5, 0.6) is 0 Å². The van der Waals surface area contributed by atoms with Crippen molar-refractivity contribution in [3.8, 4) is 22.6 Å². The van der Waals surface area contributed by atoms with Crippen LogP contribution in [0.25, 0.3) is 22.6 Å². The Kier molecular flexibility index (Phi) is 5.22. The highest BCUT2D eigenvalue weighted by molar-refractivity contribution is 7.85. The summed E-state index contributed by atoms with van der Waals surface area (Å²) in [5.41, 5.74) is 9.18. The molecule has 8 nitrogen and oxygen atoms in total. The molecule has 0 fully saturated rings. The maximum atomic E-state index is 11.6. The Morgan fingerprint density at radius 3 is 2.39 bits per heavy atom. The van der Waals surface area contributed by atoms with E-state index in [-0.39, 0.29) is 5.84 Å². The molecule has 2 aromatic carbocycles. The Morgan fingerprint density at radius 2 is 1.73 bits per heavy atom. The zero-order valence-corrected chi connectivity index (χ0v) is 19.3. The van der Waals surface area contributed by atoms with Crippen molar-refractivity contribution in [2.75, 3.05) is 0 Å². The maximum Gasteiger partial charge on any atom is 0.403 e. The number of hydroxylamine groups is 1. The lowest BCUT2D eigenvalue weighted by atomic mass is 9.98. The number of pyridine rings is 1. The number of hydrogen-bond acceptors (Lipinski definition) is 6. The molecule has 168 valence electrons. The van der Waals surface area contributed by atoms with Gasteiger partial charge in [0.25, 0.3) is 0 Å². The summed E-state index contributed by atoms with van der Waals surface area (Å²) in [7, 11) is -3.95. The van der Waals surface area contributed by atoms with Gasteiger partial charge in [-0.1, -0.05) is 55.5 Å². The molecule has 9 heteroatoms. The monoisotopic (exact) mass is 461 g/mol. The first-order chi connectivity index (χ1) is 15.8. The van der Waals surface area contributed by atoms with Crippen LogP contribution in [0.3, 0.4) is 0 Å². The van der Waals surface area contributed by atoms with E-state index in [1.54, 1.807) is 6.07 Å². The van der Waals surface area contributed by atoms with Crippen LogP contribution in [0, 0.1) is 13.8 Å². The molecule has 0 amide bonds. The molecular formula is C24H23N5O3S. The smallest absolute Gasteiger partial charge is 0.324 e. The second kappa shape index (κ2) is 8.09. The Labute approximate surface area is 192 Å². The highest BCUT2D eigenvalue weighted by atomic mass is 32.2. The second-order valence-electron chi connectivity index (χ2n) is 8.02. The molecule has 0 saturated heterocycles. The van der Waals surface area contributed by atoms with E-state index < -0.39 is 10.3 Å². The molecule has 0 aromatic heterocycles. The van der Waals surface area contributed by atoms with Crippen molar-refractivity contribution < 1.29 is 12.7 Å². The number of nitrogens with zero attached hydrogens (tertiary/aromatic N) is 4. The lowest BCUT2D eigenvalue weighted by Gasteiger charge is -2.17. The minimum Gasteiger partial charge on any atom is -0.324 e. The van der Waals surface area contributed by atoms with Gasteiger partial charge in [0, 0.05) is 24.2 Å². The first-order valence-electron chi connectivity index (χ1n) is 10.7. The lowest BCUT2D eigenvalue weighted by Crippen LogP contribution is -2.19. The predicted molar refractivity (Wildman–Crippen MR) is 126 cm³/mol. The average molecular weight is 462 g/mol. The highest BCUT2D eigenvalue weighted by Crippen LogP contribution is 2.28. The molecule has 5 rings (SSSR count). The van der Waals surface area contributed by atoms with E-state index in [9.17, 15) is 8.42 Å². The number of benzene rings is 2. The molecule has 0 spiro atoms. The predicted octanol–water partition coefficient (Wildman–Crippen LogP) is 3.80. The third-order valence-corrected chi connectivity index (χ3v) is 6.42. The summed E-state index contributed by atoms with van der Waals surface area (Å²) in [6.45, 7) is 6.89. The third-order valence-electron chi connectivity index (χ3n) is 5.72. The summed E-state index contributed by atoms with van der Waals surface area (Å²) in [5.74, 6) is 1.93. The van der Waals surface area contributed by atoms with Crippen LogP contribution >= 0.6 is 0 Å². The molecule has 3 aliphatic heterocycles. The number of amidine groups is 1. The van der Waals surface area contributed by atoms with Crippen LogP contribution in [0.1, 0.15) is 35.1 Å². The molecule has 0 bridgehead atoms. The molecule has 3 heterocycles. The number of aromatic nitrogens is 3. The van der Waals surface area contributed by atoms with Crippen LogP contribution in [0.2, 0.25) is 0 Å². The summed E-state index contributed by atoms with van der Waals surface area (Å²) in [4.78, 5) is 9.44. The number of nitrogens with one attached hydrogen (secondary N) is 1. The number of rotatable bonds is 5. The molecule has 0 atom stereocenters. The topological polar surface area (TPSA) is 98.5 Å². The first-order valence-corrected chi connectivity index (χ1v) is 12.0. The van der Waals surface area contributed by atoms with Gasteiger partial charge in [0.2, 0.25) is 0 Å². The zero-order chi connectivity index (χ0) is 23.2. The third kappa shape index (κ3) is 4.01. The molecule has 0 aliphatic carbocycles. The van der Waals surface area contributed by atoms with Gasteiger partial charge in [-0.3, -0.25) is 0 Å².